The number of rotatable bonds is 4. The topological polar surface area (TPSA) is 4.93 Å². The van der Waals surface area contributed by atoms with Crippen LogP contribution in [0.1, 0.15) is 44.6 Å². The van der Waals surface area contributed by atoms with Crippen LogP contribution in [0, 0.1) is 11.8 Å². The van der Waals surface area contributed by atoms with Crippen LogP contribution in [0.25, 0.3) is 16.6 Å². The highest BCUT2D eigenvalue weighted by Gasteiger charge is 2.17. The fourth-order valence-corrected chi connectivity index (χ4v) is 4.12. The molecule has 0 radical (unpaired) electrons. The highest BCUT2D eigenvalue weighted by molar-refractivity contribution is 5.81. The van der Waals surface area contributed by atoms with Crippen LogP contribution < -0.4 is 0 Å². The summed E-state index contributed by atoms with van der Waals surface area (Å²) in [5.74, 6) is 1.91. The first-order valence-electron chi connectivity index (χ1n) is 9.45. The SMILES string of the molecule is CC1CCC(CCc2ccc(-n3ccc4ccccc43)cc2)CC1. The van der Waals surface area contributed by atoms with Gasteiger partial charge in [0.25, 0.3) is 0 Å². The Labute approximate surface area is 145 Å². The molecule has 1 fully saturated rings. The minimum atomic E-state index is 0.953. The Morgan fingerprint density at radius 2 is 1.62 bits per heavy atom. The summed E-state index contributed by atoms with van der Waals surface area (Å²) in [6.07, 6.45) is 10.5. The van der Waals surface area contributed by atoms with Gasteiger partial charge in [-0.2, -0.15) is 0 Å². The Morgan fingerprint density at radius 3 is 2.42 bits per heavy atom. The predicted molar refractivity (Wildman–Crippen MR) is 103 cm³/mol. The van der Waals surface area contributed by atoms with Gasteiger partial charge in [-0.15, -0.1) is 0 Å². The van der Waals surface area contributed by atoms with E-state index in [0.717, 1.165) is 11.8 Å². The Kier molecular flexibility index (Phi) is 4.42. The molecular weight excluding hydrogens is 290 g/mol. The summed E-state index contributed by atoms with van der Waals surface area (Å²) >= 11 is 0. The molecule has 24 heavy (non-hydrogen) atoms. The van der Waals surface area contributed by atoms with Crippen molar-refractivity contribution in [2.45, 2.75) is 45.4 Å². The zero-order chi connectivity index (χ0) is 16.4. The molecule has 2 aromatic carbocycles. The summed E-state index contributed by atoms with van der Waals surface area (Å²) in [5.41, 5.74) is 4.02. The third-order valence-corrected chi connectivity index (χ3v) is 5.79. The molecule has 0 unspecified atom stereocenters. The summed E-state index contributed by atoms with van der Waals surface area (Å²) in [5, 5.41) is 1.30. The van der Waals surface area contributed by atoms with Crippen LogP contribution in [0.2, 0.25) is 0 Å². The van der Waals surface area contributed by atoms with Gasteiger partial charge in [0, 0.05) is 11.9 Å². The summed E-state index contributed by atoms with van der Waals surface area (Å²) in [7, 11) is 0. The van der Waals surface area contributed by atoms with Crippen molar-refractivity contribution < 1.29 is 0 Å². The van der Waals surface area contributed by atoms with Gasteiger partial charge < -0.3 is 4.57 Å². The van der Waals surface area contributed by atoms with Gasteiger partial charge in [-0.25, -0.2) is 0 Å². The Morgan fingerprint density at radius 1 is 0.875 bits per heavy atom. The van der Waals surface area contributed by atoms with Crippen LogP contribution in [0.15, 0.2) is 60.8 Å². The Bertz CT molecular complexity index is 788. The highest BCUT2D eigenvalue weighted by Crippen LogP contribution is 2.31. The Hall–Kier alpha value is -2.02. The maximum atomic E-state index is 2.40. The van der Waals surface area contributed by atoms with Crippen molar-refractivity contribution in [3.8, 4) is 5.69 Å². The van der Waals surface area contributed by atoms with E-state index in [2.05, 4.69) is 72.3 Å². The van der Waals surface area contributed by atoms with Crippen molar-refractivity contribution in [2.24, 2.45) is 11.8 Å². The Balaban J connectivity index is 1.43. The lowest BCUT2D eigenvalue weighted by molar-refractivity contribution is 0.278. The van der Waals surface area contributed by atoms with Gasteiger partial charge in [-0.3, -0.25) is 0 Å². The number of fused-ring (bicyclic) bond motifs is 1. The van der Waals surface area contributed by atoms with Crippen molar-refractivity contribution in [3.63, 3.8) is 0 Å². The zero-order valence-electron chi connectivity index (χ0n) is 14.6. The third-order valence-electron chi connectivity index (χ3n) is 5.79. The molecule has 0 aliphatic heterocycles. The molecule has 4 rings (SSSR count). The van der Waals surface area contributed by atoms with E-state index in [1.165, 1.54) is 60.7 Å². The number of nitrogens with zero attached hydrogens (tertiary/aromatic N) is 1. The van der Waals surface area contributed by atoms with Gasteiger partial charge in [0.2, 0.25) is 0 Å². The van der Waals surface area contributed by atoms with Crippen LogP contribution in [-0.2, 0) is 6.42 Å². The second kappa shape index (κ2) is 6.84. The number of para-hydroxylation sites is 1. The maximum absolute atomic E-state index is 2.40. The van der Waals surface area contributed by atoms with Gasteiger partial charge >= 0.3 is 0 Å². The number of hydrogen-bond donors (Lipinski definition) is 0. The molecule has 1 aliphatic carbocycles. The van der Waals surface area contributed by atoms with E-state index in [0.29, 0.717) is 0 Å². The lowest BCUT2D eigenvalue weighted by Gasteiger charge is -2.26. The maximum Gasteiger partial charge on any atom is 0.0528 e. The van der Waals surface area contributed by atoms with Gasteiger partial charge in [0.05, 0.1) is 5.52 Å². The average molecular weight is 317 g/mol. The van der Waals surface area contributed by atoms with Crippen LogP contribution in [0.4, 0.5) is 0 Å². The van der Waals surface area contributed by atoms with E-state index in [1.807, 2.05) is 0 Å². The molecule has 0 saturated heterocycles. The molecule has 1 saturated carbocycles. The van der Waals surface area contributed by atoms with Gasteiger partial charge in [0.1, 0.15) is 0 Å². The molecule has 1 heteroatoms. The normalized spacial score (nSPS) is 21.2. The van der Waals surface area contributed by atoms with Gasteiger partial charge in [-0.05, 0) is 59.9 Å². The minimum absolute atomic E-state index is 0.953. The van der Waals surface area contributed by atoms with E-state index in [1.54, 1.807) is 0 Å². The molecule has 1 nitrogen and oxygen atoms in total. The first kappa shape index (κ1) is 15.5. The second-order valence-electron chi connectivity index (χ2n) is 7.58. The number of aromatic nitrogens is 1. The third kappa shape index (κ3) is 3.26. The average Bonchev–Trinajstić information content (AvgIpc) is 3.06. The molecule has 1 aromatic heterocycles. The predicted octanol–water partition coefficient (Wildman–Crippen LogP) is 6.39. The van der Waals surface area contributed by atoms with Crippen LogP contribution in [0.5, 0.6) is 0 Å². The molecule has 0 N–H and O–H groups in total. The molecule has 0 bridgehead atoms. The second-order valence-corrected chi connectivity index (χ2v) is 7.58. The van der Waals surface area contributed by atoms with E-state index in [4.69, 9.17) is 0 Å². The van der Waals surface area contributed by atoms with E-state index in [-0.39, 0.29) is 0 Å². The quantitative estimate of drug-likeness (QED) is 0.525. The fourth-order valence-electron chi connectivity index (χ4n) is 4.12. The molecule has 1 aliphatic rings. The monoisotopic (exact) mass is 317 g/mol. The van der Waals surface area contributed by atoms with Crippen LogP contribution in [-0.4, -0.2) is 4.57 Å². The first-order chi connectivity index (χ1) is 11.8. The largest absolute Gasteiger partial charge is 0.317 e. The van der Waals surface area contributed by atoms with E-state index in [9.17, 15) is 0 Å². The van der Waals surface area contributed by atoms with Gasteiger partial charge in [0.15, 0.2) is 0 Å². The standard InChI is InChI=1S/C23H27N/c1-18-6-8-19(9-7-18)10-11-20-12-14-22(15-13-20)24-17-16-21-4-2-3-5-23(21)24/h2-5,12-19H,6-11H2,1H3. The van der Waals surface area contributed by atoms with Crippen molar-refractivity contribution in [1.29, 1.82) is 0 Å². The van der Waals surface area contributed by atoms with E-state index < -0.39 is 0 Å². The number of benzene rings is 2. The first-order valence-corrected chi connectivity index (χ1v) is 9.45. The fraction of sp³-hybridized carbons (Fsp3) is 0.391. The molecular formula is C23H27N. The van der Waals surface area contributed by atoms with Crippen molar-refractivity contribution >= 4 is 10.9 Å². The lowest BCUT2D eigenvalue weighted by Crippen LogP contribution is -2.12. The molecule has 0 spiro atoms. The summed E-state index contributed by atoms with van der Waals surface area (Å²) in [6.45, 7) is 2.40. The van der Waals surface area contributed by atoms with Crippen molar-refractivity contribution in [1.82, 2.24) is 4.57 Å². The molecule has 0 atom stereocenters. The minimum Gasteiger partial charge on any atom is -0.317 e. The smallest absolute Gasteiger partial charge is 0.0528 e. The summed E-state index contributed by atoms with van der Waals surface area (Å²) in [4.78, 5) is 0. The summed E-state index contributed by atoms with van der Waals surface area (Å²) in [6, 6.07) is 19.9. The lowest BCUT2D eigenvalue weighted by atomic mass is 9.80. The van der Waals surface area contributed by atoms with Crippen LogP contribution >= 0.6 is 0 Å². The van der Waals surface area contributed by atoms with Crippen molar-refractivity contribution in [3.05, 3.63) is 66.4 Å². The molecule has 0 amide bonds. The number of hydrogen-bond acceptors (Lipinski definition) is 0. The molecule has 1 heterocycles. The van der Waals surface area contributed by atoms with Crippen LogP contribution in [0.3, 0.4) is 0 Å². The van der Waals surface area contributed by atoms with E-state index >= 15 is 0 Å². The highest BCUT2D eigenvalue weighted by atomic mass is 15.0. The van der Waals surface area contributed by atoms with Gasteiger partial charge in [-0.1, -0.05) is 62.9 Å². The summed E-state index contributed by atoms with van der Waals surface area (Å²) < 4.78 is 2.28. The molecule has 124 valence electrons. The number of aryl methyl sites for hydroxylation is 1. The van der Waals surface area contributed by atoms with Crippen molar-refractivity contribution in [2.75, 3.05) is 0 Å². The zero-order valence-corrected chi connectivity index (χ0v) is 14.6. The molecule has 3 aromatic rings.